The van der Waals surface area contributed by atoms with Gasteiger partial charge in [0.1, 0.15) is 26.2 Å². The van der Waals surface area contributed by atoms with Crippen LogP contribution in [0, 0.1) is 28.1 Å². The molecule has 2 N–H and O–H groups in total. The van der Waals surface area contributed by atoms with Gasteiger partial charge in [0, 0.05) is 28.8 Å². The van der Waals surface area contributed by atoms with Gasteiger partial charge in [-0.15, -0.1) is 5.10 Å². The average Bonchev–Trinajstić information content (AvgIpc) is 3.32. The molecule has 1 atom stereocenters. The molecule has 0 bridgehead atoms. The third-order valence-electron chi connectivity index (χ3n) is 5.93. The van der Waals surface area contributed by atoms with Gasteiger partial charge in [0.2, 0.25) is 0 Å². The monoisotopic (exact) mass is 530 g/mol. The van der Waals surface area contributed by atoms with E-state index < -0.39 is 5.44 Å². The first-order chi connectivity index (χ1) is 17.6. The highest BCUT2D eigenvalue weighted by atomic mass is 35.5. The number of fused-ring (bicyclic) bond motifs is 1. The van der Waals surface area contributed by atoms with Crippen LogP contribution in [0.4, 0.5) is 11.4 Å². The van der Waals surface area contributed by atoms with Crippen LogP contribution in [0.15, 0.2) is 48.8 Å². The summed E-state index contributed by atoms with van der Waals surface area (Å²) in [5, 5.41) is 36.0. The van der Waals surface area contributed by atoms with E-state index in [9.17, 15) is 5.26 Å². The molecule has 37 heavy (non-hydrogen) atoms. The number of anilines is 2. The number of halogens is 2. The van der Waals surface area contributed by atoms with Crippen molar-refractivity contribution in [2.24, 2.45) is 5.41 Å². The minimum atomic E-state index is -0.928. The second-order valence-corrected chi connectivity index (χ2v) is 10.9. The predicted molar refractivity (Wildman–Crippen MR) is 149 cm³/mol. The number of rotatable bonds is 7. The summed E-state index contributed by atoms with van der Waals surface area (Å²) < 4.78 is 1.47. The van der Waals surface area contributed by atoms with E-state index in [1.807, 2.05) is 38.2 Å². The highest BCUT2D eigenvalue weighted by Crippen LogP contribution is 2.38. The lowest BCUT2D eigenvalue weighted by molar-refractivity contribution is 0.443. The van der Waals surface area contributed by atoms with Gasteiger partial charge in [-0.25, -0.2) is 4.68 Å². The normalized spacial score (nSPS) is 12.9. The Morgan fingerprint density at radius 1 is 1.11 bits per heavy atom. The molecular weight excluding hydrogens is 506 g/mol. The zero-order valence-electron chi connectivity index (χ0n) is 21.0. The Morgan fingerprint density at radius 3 is 2.54 bits per heavy atom. The van der Waals surface area contributed by atoms with Crippen LogP contribution in [-0.4, -0.2) is 34.4 Å². The van der Waals surface area contributed by atoms with Crippen LogP contribution in [0.25, 0.3) is 10.9 Å². The number of aromatic nitrogens is 4. The van der Waals surface area contributed by atoms with Gasteiger partial charge in [-0.1, -0.05) is 67.4 Å². The number of hydrogen-bond donors (Lipinski definition) is 2. The fourth-order valence-corrected chi connectivity index (χ4v) is 4.66. The van der Waals surface area contributed by atoms with E-state index in [-0.39, 0.29) is 12.0 Å². The van der Waals surface area contributed by atoms with E-state index in [2.05, 4.69) is 58.8 Å². The number of nitrogens with one attached hydrogen (secondary N) is 2. The fourth-order valence-electron chi connectivity index (χ4n) is 4.06. The number of nitrogens with zero attached hydrogens (tertiary/aromatic N) is 6. The molecule has 4 aromatic rings. The van der Waals surface area contributed by atoms with Crippen molar-refractivity contribution >= 4 is 53.3 Å². The average molecular weight is 531 g/mol. The topological polar surface area (TPSA) is 115 Å². The van der Waals surface area contributed by atoms with Crippen LogP contribution in [0.3, 0.4) is 0 Å². The van der Waals surface area contributed by atoms with E-state index in [1.54, 1.807) is 12.3 Å². The molecule has 1 unspecified atom stereocenters. The Bertz CT molecular complexity index is 1550. The fraction of sp³-hybridized carbons (Fsp3) is 0.269. The third-order valence-corrected chi connectivity index (χ3v) is 6.55. The lowest BCUT2D eigenvalue weighted by Crippen LogP contribution is -2.38. The Kier molecular flexibility index (Phi) is 7.31. The molecule has 11 heteroatoms. The number of hydrogen-bond acceptors (Lipinski definition) is 7. The molecule has 2 aromatic carbocycles. The summed E-state index contributed by atoms with van der Waals surface area (Å²) in [5.74, 6) is 0. The molecule has 0 radical (unpaired) electrons. The summed E-state index contributed by atoms with van der Waals surface area (Å²) in [7, 11) is 1.94. The number of pyridine rings is 1. The summed E-state index contributed by atoms with van der Waals surface area (Å²) in [4.78, 5) is 4.45. The minimum absolute atomic E-state index is 0.0140. The predicted octanol–water partition coefficient (Wildman–Crippen LogP) is 4.93. The van der Waals surface area contributed by atoms with Gasteiger partial charge in [-0.05, 0) is 29.2 Å². The van der Waals surface area contributed by atoms with Gasteiger partial charge in [0.15, 0.2) is 0 Å². The molecule has 0 aliphatic heterocycles. The van der Waals surface area contributed by atoms with Crippen LogP contribution in [0.2, 0.25) is 10.0 Å². The lowest BCUT2D eigenvalue weighted by Gasteiger charge is -2.32. The third kappa shape index (κ3) is 5.49. The minimum Gasteiger partial charge on any atom is -0.383 e. The van der Waals surface area contributed by atoms with Gasteiger partial charge in [-0.3, -0.25) is 4.98 Å². The zero-order valence-corrected chi connectivity index (χ0v) is 22.5. The van der Waals surface area contributed by atoms with Gasteiger partial charge < -0.3 is 10.6 Å². The summed E-state index contributed by atoms with van der Waals surface area (Å²) in [5.41, 5.74) is 2.76. The molecule has 2 heterocycles. The summed E-state index contributed by atoms with van der Waals surface area (Å²) in [6.07, 6.45) is 3.25. The Labute approximate surface area is 226 Å². The lowest BCUT2D eigenvalue weighted by atomic mass is 9.69. The van der Waals surface area contributed by atoms with Crippen LogP contribution in [0.1, 0.15) is 37.6 Å². The molecule has 186 valence electrons. The first-order valence-electron chi connectivity index (χ1n) is 11.6. The van der Waals surface area contributed by atoms with Crippen LogP contribution in [0.5, 0.6) is 0 Å². The smallest absolute Gasteiger partial charge is 0.148 e. The SMILES string of the molecule is BC(Nc1cc(Cl)c2ncc(C#N)c(NCC(C)(C)C)c2c1)(c1cn(CC#N)nn1)c1ccccc1Cl. The molecule has 0 fully saturated rings. The molecule has 0 aliphatic carbocycles. The van der Waals surface area contributed by atoms with Crippen molar-refractivity contribution in [2.45, 2.75) is 32.8 Å². The van der Waals surface area contributed by atoms with Gasteiger partial charge in [0.25, 0.3) is 0 Å². The van der Waals surface area contributed by atoms with E-state index in [0.29, 0.717) is 50.1 Å². The van der Waals surface area contributed by atoms with E-state index >= 15 is 0 Å². The second kappa shape index (κ2) is 10.3. The van der Waals surface area contributed by atoms with Crippen molar-refractivity contribution in [1.82, 2.24) is 20.0 Å². The maximum Gasteiger partial charge on any atom is 0.148 e. The molecule has 8 nitrogen and oxygen atoms in total. The maximum absolute atomic E-state index is 9.77. The number of nitriles is 2. The van der Waals surface area contributed by atoms with Crippen molar-refractivity contribution in [3.8, 4) is 12.1 Å². The Hall–Kier alpha value is -3.79. The largest absolute Gasteiger partial charge is 0.383 e. The second-order valence-electron chi connectivity index (χ2n) is 10.1. The highest BCUT2D eigenvalue weighted by Gasteiger charge is 2.34. The molecule has 4 rings (SSSR count). The Balaban J connectivity index is 1.88. The molecular formula is C26H25BCl2N8. The first-order valence-corrected chi connectivity index (χ1v) is 12.4. The molecule has 0 amide bonds. The molecule has 0 saturated heterocycles. The maximum atomic E-state index is 9.77. The van der Waals surface area contributed by atoms with Crippen molar-refractivity contribution in [3.05, 3.63) is 75.7 Å². The number of benzene rings is 2. The van der Waals surface area contributed by atoms with E-state index in [0.717, 1.165) is 5.56 Å². The van der Waals surface area contributed by atoms with Gasteiger partial charge in [-0.2, -0.15) is 10.5 Å². The molecule has 2 aromatic heterocycles. The quantitative estimate of drug-likeness (QED) is 0.325. The van der Waals surface area contributed by atoms with Crippen molar-refractivity contribution in [2.75, 3.05) is 17.2 Å². The van der Waals surface area contributed by atoms with Crippen molar-refractivity contribution in [1.29, 1.82) is 10.5 Å². The van der Waals surface area contributed by atoms with Gasteiger partial charge in [0.05, 0.1) is 39.5 Å². The van der Waals surface area contributed by atoms with Crippen LogP contribution >= 0.6 is 23.2 Å². The van der Waals surface area contributed by atoms with E-state index in [1.165, 1.54) is 10.9 Å². The molecule has 0 saturated carbocycles. The highest BCUT2D eigenvalue weighted by molar-refractivity contribution is 6.36. The van der Waals surface area contributed by atoms with Crippen molar-refractivity contribution in [3.63, 3.8) is 0 Å². The van der Waals surface area contributed by atoms with Crippen LogP contribution in [-0.2, 0) is 12.0 Å². The molecule has 0 spiro atoms. The summed E-state index contributed by atoms with van der Waals surface area (Å²) in [6, 6.07) is 15.5. The zero-order chi connectivity index (χ0) is 26.8. The Morgan fingerprint density at radius 2 is 1.86 bits per heavy atom. The van der Waals surface area contributed by atoms with Crippen molar-refractivity contribution < 1.29 is 0 Å². The standard InChI is InChI=1S/C26H25BCl2N8/c1-25(2,3)15-33-23-16(12-31)13-32-24-18(23)10-17(11-21(24)29)34-26(27,19-6-4-5-7-20(19)28)22-14-37(9-8-30)36-35-22/h4-7,10-11,13-14,34H,9,15,27H2,1-3H3,(H,32,33). The summed E-state index contributed by atoms with van der Waals surface area (Å²) >= 11 is 13.3. The molecule has 0 aliphatic rings. The first kappa shape index (κ1) is 26.3. The van der Waals surface area contributed by atoms with Crippen LogP contribution < -0.4 is 10.6 Å². The van der Waals surface area contributed by atoms with Gasteiger partial charge >= 0.3 is 0 Å². The van der Waals surface area contributed by atoms with E-state index in [4.69, 9.17) is 28.5 Å². The summed E-state index contributed by atoms with van der Waals surface area (Å²) in [6.45, 7) is 7.06.